The summed E-state index contributed by atoms with van der Waals surface area (Å²) < 4.78 is 5.34. The third kappa shape index (κ3) is 2.76. The Morgan fingerprint density at radius 2 is 2.08 bits per heavy atom. The van der Waals surface area contributed by atoms with E-state index in [0.29, 0.717) is 0 Å². The number of hydrogen-bond acceptors (Lipinski definition) is 2. The Balaban J connectivity index is 2.29. The number of rotatable bonds is 4. The van der Waals surface area contributed by atoms with Crippen LogP contribution in [0.2, 0.25) is 0 Å². The van der Waals surface area contributed by atoms with Crippen LogP contribution in [0.4, 0.5) is 0 Å². The van der Waals surface area contributed by atoms with Gasteiger partial charge in [-0.2, -0.15) is 0 Å². The quantitative estimate of drug-likeness (QED) is 0.696. The van der Waals surface area contributed by atoms with Crippen molar-refractivity contribution in [1.29, 1.82) is 0 Å². The predicted octanol–water partition coefficient (Wildman–Crippen LogP) is 1.80. The molecule has 1 aliphatic heterocycles. The first-order valence-electron chi connectivity index (χ1n) is 5.13. The molecule has 0 aromatic rings. The van der Waals surface area contributed by atoms with Gasteiger partial charge in [-0.05, 0) is 32.2 Å². The van der Waals surface area contributed by atoms with Gasteiger partial charge in [0, 0.05) is 19.3 Å². The van der Waals surface area contributed by atoms with Gasteiger partial charge >= 0.3 is 0 Å². The fraction of sp³-hybridized carbons (Fsp3) is 1.00. The summed E-state index contributed by atoms with van der Waals surface area (Å²) in [6.45, 7) is 4.18. The molecular formula is C10H21NO. The lowest BCUT2D eigenvalue weighted by Gasteiger charge is -2.29. The van der Waals surface area contributed by atoms with Crippen molar-refractivity contribution in [3.8, 4) is 0 Å². The second kappa shape index (κ2) is 5.55. The van der Waals surface area contributed by atoms with Gasteiger partial charge in [-0.25, -0.2) is 0 Å². The lowest BCUT2D eigenvalue weighted by Crippen LogP contribution is -2.36. The second-order valence-corrected chi connectivity index (χ2v) is 3.63. The minimum Gasteiger partial charge on any atom is -0.381 e. The van der Waals surface area contributed by atoms with Crippen molar-refractivity contribution in [2.24, 2.45) is 5.92 Å². The van der Waals surface area contributed by atoms with E-state index in [-0.39, 0.29) is 0 Å². The van der Waals surface area contributed by atoms with Crippen LogP contribution in [-0.4, -0.2) is 26.3 Å². The zero-order valence-electron chi connectivity index (χ0n) is 8.31. The Labute approximate surface area is 75.7 Å². The average molecular weight is 171 g/mol. The second-order valence-electron chi connectivity index (χ2n) is 3.63. The van der Waals surface area contributed by atoms with E-state index in [4.69, 9.17) is 4.74 Å². The van der Waals surface area contributed by atoms with E-state index >= 15 is 0 Å². The molecule has 1 saturated heterocycles. The highest BCUT2D eigenvalue weighted by Gasteiger charge is 2.21. The van der Waals surface area contributed by atoms with E-state index < -0.39 is 0 Å². The summed E-state index contributed by atoms with van der Waals surface area (Å²) in [5.41, 5.74) is 0. The Morgan fingerprint density at radius 3 is 2.58 bits per heavy atom. The van der Waals surface area contributed by atoms with Crippen LogP contribution in [0, 0.1) is 5.92 Å². The standard InChI is InChI=1S/C10H21NO/c1-3-4-10(11-2)9-5-7-12-8-6-9/h9-11H,3-8H2,1-2H3. The molecule has 1 N–H and O–H groups in total. The Hall–Kier alpha value is -0.0800. The van der Waals surface area contributed by atoms with Gasteiger partial charge in [0.05, 0.1) is 0 Å². The maximum Gasteiger partial charge on any atom is 0.0469 e. The van der Waals surface area contributed by atoms with Gasteiger partial charge in [-0.15, -0.1) is 0 Å². The molecule has 1 heterocycles. The first-order chi connectivity index (χ1) is 5.88. The van der Waals surface area contributed by atoms with E-state index in [1.807, 2.05) is 0 Å². The van der Waals surface area contributed by atoms with Crippen molar-refractivity contribution in [1.82, 2.24) is 5.32 Å². The highest BCUT2D eigenvalue weighted by Crippen LogP contribution is 2.21. The highest BCUT2D eigenvalue weighted by atomic mass is 16.5. The van der Waals surface area contributed by atoms with E-state index in [1.54, 1.807) is 0 Å². The third-order valence-corrected chi connectivity index (χ3v) is 2.81. The average Bonchev–Trinajstić information content (AvgIpc) is 2.15. The molecule has 72 valence electrons. The van der Waals surface area contributed by atoms with Crippen molar-refractivity contribution >= 4 is 0 Å². The van der Waals surface area contributed by atoms with Gasteiger partial charge < -0.3 is 10.1 Å². The molecule has 0 aromatic heterocycles. The molecule has 1 atom stereocenters. The summed E-state index contributed by atoms with van der Waals surface area (Å²) in [7, 11) is 2.08. The van der Waals surface area contributed by atoms with Gasteiger partial charge in [-0.3, -0.25) is 0 Å². The van der Waals surface area contributed by atoms with E-state index in [1.165, 1.54) is 25.7 Å². The van der Waals surface area contributed by atoms with Gasteiger partial charge in [0.15, 0.2) is 0 Å². The van der Waals surface area contributed by atoms with Crippen LogP contribution in [-0.2, 0) is 4.74 Å². The molecule has 2 nitrogen and oxygen atoms in total. The summed E-state index contributed by atoms with van der Waals surface area (Å²) in [6, 6.07) is 0.721. The van der Waals surface area contributed by atoms with Crippen LogP contribution in [0.3, 0.4) is 0 Å². The smallest absolute Gasteiger partial charge is 0.0469 e. The summed E-state index contributed by atoms with van der Waals surface area (Å²) in [5, 5.41) is 3.42. The number of nitrogens with one attached hydrogen (secondary N) is 1. The fourth-order valence-corrected chi connectivity index (χ4v) is 2.04. The van der Waals surface area contributed by atoms with Gasteiger partial charge in [0.1, 0.15) is 0 Å². The van der Waals surface area contributed by atoms with Crippen molar-refractivity contribution in [3.63, 3.8) is 0 Å². The molecule has 0 radical (unpaired) electrons. The molecule has 0 saturated carbocycles. The molecule has 0 spiro atoms. The largest absolute Gasteiger partial charge is 0.381 e. The Morgan fingerprint density at radius 1 is 1.42 bits per heavy atom. The monoisotopic (exact) mass is 171 g/mol. The normalized spacial score (nSPS) is 22.5. The molecule has 0 bridgehead atoms. The highest BCUT2D eigenvalue weighted by molar-refractivity contribution is 4.76. The summed E-state index contributed by atoms with van der Waals surface area (Å²) in [6.07, 6.45) is 5.07. The minimum absolute atomic E-state index is 0.721. The molecule has 0 aromatic carbocycles. The molecule has 1 fully saturated rings. The van der Waals surface area contributed by atoms with Crippen LogP contribution in [0.5, 0.6) is 0 Å². The molecule has 1 aliphatic rings. The zero-order valence-corrected chi connectivity index (χ0v) is 8.31. The van der Waals surface area contributed by atoms with Crippen molar-refractivity contribution in [2.45, 2.75) is 38.6 Å². The Bertz CT molecular complexity index is 108. The number of hydrogen-bond donors (Lipinski definition) is 1. The SMILES string of the molecule is CCCC(NC)C1CCOCC1. The van der Waals surface area contributed by atoms with Crippen molar-refractivity contribution in [2.75, 3.05) is 20.3 Å². The molecule has 2 heteroatoms. The van der Waals surface area contributed by atoms with E-state index in [9.17, 15) is 0 Å². The maximum atomic E-state index is 5.34. The zero-order chi connectivity index (χ0) is 8.81. The van der Waals surface area contributed by atoms with Crippen molar-refractivity contribution < 1.29 is 4.74 Å². The van der Waals surface area contributed by atoms with Crippen LogP contribution < -0.4 is 5.32 Å². The molecule has 1 rings (SSSR count). The molecule has 0 amide bonds. The molecule has 1 unspecified atom stereocenters. The first-order valence-corrected chi connectivity index (χ1v) is 5.13. The van der Waals surface area contributed by atoms with Gasteiger partial charge in [0.25, 0.3) is 0 Å². The Kier molecular flexibility index (Phi) is 4.62. The van der Waals surface area contributed by atoms with Gasteiger partial charge in [0.2, 0.25) is 0 Å². The van der Waals surface area contributed by atoms with Gasteiger partial charge in [-0.1, -0.05) is 13.3 Å². The van der Waals surface area contributed by atoms with E-state index in [0.717, 1.165) is 25.2 Å². The number of ether oxygens (including phenoxy) is 1. The molecular weight excluding hydrogens is 150 g/mol. The van der Waals surface area contributed by atoms with Crippen molar-refractivity contribution in [3.05, 3.63) is 0 Å². The molecule has 12 heavy (non-hydrogen) atoms. The molecule has 0 aliphatic carbocycles. The lowest BCUT2D eigenvalue weighted by molar-refractivity contribution is 0.0535. The lowest BCUT2D eigenvalue weighted by atomic mass is 9.89. The maximum absolute atomic E-state index is 5.34. The van der Waals surface area contributed by atoms with Crippen LogP contribution in [0.25, 0.3) is 0 Å². The van der Waals surface area contributed by atoms with E-state index in [2.05, 4.69) is 19.3 Å². The fourth-order valence-electron chi connectivity index (χ4n) is 2.04. The summed E-state index contributed by atoms with van der Waals surface area (Å²) >= 11 is 0. The summed E-state index contributed by atoms with van der Waals surface area (Å²) in [5.74, 6) is 0.851. The van der Waals surface area contributed by atoms with Crippen LogP contribution >= 0.6 is 0 Å². The minimum atomic E-state index is 0.721. The van der Waals surface area contributed by atoms with Crippen LogP contribution in [0.15, 0.2) is 0 Å². The van der Waals surface area contributed by atoms with Crippen LogP contribution in [0.1, 0.15) is 32.6 Å². The first kappa shape index (κ1) is 10.0. The topological polar surface area (TPSA) is 21.3 Å². The third-order valence-electron chi connectivity index (χ3n) is 2.81. The predicted molar refractivity (Wildman–Crippen MR) is 51.3 cm³/mol. The summed E-state index contributed by atoms with van der Waals surface area (Å²) in [4.78, 5) is 0.